The van der Waals surface area contributed by atoms with Crippen molar-refractivity contribution >= 4 is 0 Å². The molecule has 0 bridgehead atoms. The Hall–Kier alpha value is -1.81. The lowest BCUT2D eigenvalue weighted by Crippen LogP contribution is -2.25. The van der Waals surface area contributed by atoms with Crippen molar-refractivity contribution in [2.75, 3.05) is 7.11 Å². The van der Waals surface area contributed by atoms with Crippen LogP contribution in [0.25, 0.3) is 0 Å². The van der Waals surface area contributed by atoms with E-state index in [4.69, 9.17) is 9.26 Å². The molecule has 1 aromatic heterocycles. The summed E-state index contributed by atoms with van der Waals surface area (Å²) in [6.07, 6.45) is 2.55. The molecular weight excluding hydrogens is 264 g/mol. The molecule has 1 saturated carbocycles. The normalized spacial score (nSPS) is 14.7. The summed E-state index contributed by atoms with van der Waals surface area (Å²) in [7, 11) is 1.73. The van der Waals surface area contributed by atoms with Gasteiger partial charge in [-0.3, -0.25) is 4.90 Å². The third-order valence-electron chi connectivity index (χ3n) is 4.17. The summed E-state index contributed by atoms with van der Waals surface area (Å²) >= 11 is 0. The van der Waals surface area contributed by atoms with Crippen molar-refractivity contribution in [1.29, 1.82) is 0 Å². The van der Waals surface area contributed by atoms with Crippen LogP contribution in [0.2, 0.25) is 0 Å². The van der Waals surface area contributed by atoms with Gasteiger partial charge in [0, 0.05) is 30.3 Å². The summed E-state index contributed by atoms with van der Waals surface area (Å²) in [5, 5.41) is 4.06. The average molecular weight is 286 g/mol. The Labute approximate surface area is 125 Å². The van der Waals surface area contributed by atoms with Crippen LogP contribution in [0.1, 0.15) is 35.4 Å². The van der Waals surface area contributed by atoms with E-state index in [0.717, 1.165) is 30.3 Å². The summed E-state index contributed by atoms with van der Waals surface area (Å²) in [6, 6.07) is 8.91. The molecule has 1 aliphatic carbocycles. The van der Waals surface area contributed by atoms with Crippen molar-refractivity contribution in [2.24, 2.45) is 0 Å². The molecule has 0 radical (unpaired) electrons. The van der Waals surface area contributed by atoms with Crippen LogP contribution in [0.3, 0.4) is 0 Å². The van der Waals surface area contributed by atoms with E-state index in [1.807, 2.05) is 26.0 Å². The van der Waals surface area contributed by atoms with E-state index >= 15 is 0 Å². The highest BCUT2D eigenvalue weighted by Crippen LogP contribution is 2.32. The van der Waals surface area contributed by atoms with Crippen LogP contribution in [0.15, 0.2) is 28.8 Å². The van der Waals surface area contributed by atoms with Gasteiger partial charge in [-0.1, -0.05) is 23.4 Å². The van der Waals surface area contributed by atoms with Crippen molar-refractivity contribution < 1.29 is 9.26 Å². The molecule has 0 atom stereocenters. The largest absolute Gasteiger partial charge is 0.496 e. The predicted molar refractivity (Wildman–Crippen MR) is 81.2 cm³/mol. The fourth-order valence-corrected chi connectivity index (χ4v) is 2.74. The number of hydrogen-bond acceptors (Lipinski definition) is 4. The first-order valence-electron chi connectivity index (χ1n) is 7.46. The summed E-state index contributed by atoms with van der Waals surface area (Å²) in [4.78, 5) is 2.50. The Morgan fingerprint density at radius 1 is 1.24 bits per heavy atom. The highest BCUT2D eigenvalue weighted by molar-refractivity contribution is 5.33. The molecule has 2 aromatic rings. The van der Waals surface area contributed by atoms with Crippen molar-refractivity contribution in [3.63, 3.8) is 0 Å². The second kappa shape index (κ2) is 5.90. The topological polar surface area (TPSA) is 38.5 Å². The molecule has 1 fully saturated rings. The standard InChI is InChI=1S/C17H22N2O2/c1-12-16(13(2)21-18-12)11-19(15-8-9-15)10-14-6-4-5-7-17(14)20-3/h4-7,15H,8-11H2,1-3H3. The minimum absolute atomic E-state index is 0.670. The molecule has 1 aromatic carbocycles. The molecular formula is C17H22N2O2. The molecule has 0 spiro atoms. The van der Waals surface area contributed by atoms with Crippen molar-refractivity contribution in [2.45, 2.75) is 45.8 Å². The number of para-hydroxylation sites is 1. The number of aryl methyl sites for hydroxylation is 2. The zero-order valence-electron chi connectivity index (χ0n) is 12.9. The molecule has 0 saturated heterocycles. The molecule has 0 unspecified atom stereocenters. The van der Waals surface area contributed by atoms with Gasteiger partial charge >= 0.3 is 0 Å². The second-order valence-corrected chi connectivity index (χ2v) is 5.75. The van der Waals surface area contributed by atoms with Gasteiger partial charge in [0.05, 0.1) is 12.8 Å². The minimum Gasteiger partial charge on any atom is -0.496 e. The zero-order valence-corrected chi connectivity index (χ0v) is 12.9. The fourth-order valence-electron chi connectivity index (χ4n) is 2.74. The maximum atomic E-state index is 5.47. The van der Waals surface area contributed by atoms with Crippen LogP contribution in [-0.4, -0.2) is 23.2 Å². The Bertz CT molecular complexity index is 598. The molecule has 1 heterocycles. The van der Waals surface area contributed by atoms with Gasteiger partial charge in [-0.05, 0) is 32.8 Å². The maximum Gasteiger partial charge on any atom is 0.138 e. The van der Waals surface area contributed by atoms with Crippen LogP contribution < -0.4 is 4.74 Å². The molecule has 1 aliphatic rings. The first kappa shape index (κ1) is 14.1. The lowest BCUT2D eigenvalue weighted by molar-refractivity contribution is 0.240. The Kier molecular flexibility index (Phi) is 3.97. The number of methoxy groups -OCH3 is 1. The molecule has 3 rings (SSSR count). The van der Waals surface area contributed by atoms with Gasteiger partial charge in [-0.2, -0.15) is 0 Å². The molecule has 0 amide bonds. The van der Waals surface area contributed by atoms with E-state index in [1.54, 1.807) is 7.11 Å². The Balaban J connectivity index is 1.79. The SMILES string of the molecule is COc1ccccc1CN(Cc1c(C)noc1C)C1CC1. The molecule has 21 heavy (non-hydrogen) atoms. The zero-order chi connectivity index (χ0) is 14.8. The Morgan fingerprint density at radius 2 is 2.00 bits per heavy atom. The number of benzene rings is 1. The van der Waals surface area contributed by atoms with E-state index in [9.17, 15) is 0 Å². The summed E-state index contributed by atoms with van der Waals surface area (Å²) in [6.45, 7) is 5.80. The summed E-state index contributed by atoms with van der Waals surface area (Å²) in [5.74, 6) is 1.89. The number of aromatic nitrogens is 1. The van der Waals surface area contributed by atoms with Crippen molar-refractivity contribution in [1.82, 2.24) is 10.1 Å². The first-order chi connectivity index (χ1) is 10.2. The molecule has 0 aliphatic heterocycles. The average Bonchev–Trinajstić information content (AvgIpc) is 3.29. The number of hydrogen-bond donors (Lipinski definition) is 0. The van der Waals surface area contributed by atoms with E-state index in [0.29, 0.717) is 6.04 Å². The van der Waals surface area contributed by atoms with Gasteiger partial charge in [0.2, 0.25) is 0 Å². The van der Waals surface area contributed by atoms with Crippen molar-refractivity contribution in [3.8, 4) is 5.75 Å². The van der Waals surface area contributed by atoms with E-state index in [2.05, 4.69) is 22.2 Å². The molecule has 112 valence electrons. The van der Waals surface area contributed by atoms with Crippen LogP contribution in [0.5, 0.6) is 5.75 Å². The Morgan fingerprint density at radius 3 is 2.62 bits per heavy atom. The quantitative estimate of drug-likeness (QED) is 0.815. The second-order valence-electron chi connectivity index (χ2n) is 5.75. The van der Waals surface area contributed by atoms with Crippen LogP contribution >= 0.6 is 0 Å². The third kappa shape index (κ3) is 3.10. The van der Waals surface area contributed by atoms with Gasteiger partial charge in [0.25, 0.3) is 0 Å². The van der Waals surface area contributed by atoms with Crippen molar-refractivity contribution in [3.05, 3.63) is 46.8 Å². The van der Waals surface area contributed by atoms with Gasteiger partial charge in [-0.25, -0.2) is 0 Å². The summed E-state index contributed by atoms with van der Waals surface area (Å²) in [5.41, 5.74) is 3.45. The number of ether oxygens (including phenoxy) is 1. The number of nitrogens with zero attached hydrogens (tertiary/aromatic N) is 2. The fraction of sp³-hybridized carbons (Fsp3) is 0.471. The van der Waals surface area contributed by atoms with Crippen LogP contribution in [0, 0.1) is 13.8 Å². The van der Waals surface area contributed by atoms with Gasteiger partial charge < -0.3 is 9.26 Å². The lowest BCUT2D eigenvalue weighted by Gasteiger charge is -2.23. The predicted octanol–water partition coefficient (Wildman–Crippen LogP) is 3.46. The molecule has 4 heteroatoms. The third-order valence-corrected chi connectivity index (χ3v) is 4.17. The maximum absolute atomic E-state index is 5.47. The molecule has 0 N–H and O–H groups in total. The highest BCUT2D eigenvalue weighted by atomic mass is 16.5. The van der Waals surface area contributed by atoms with Gasteiger partial charge in [0.15, 0.2) is 0 Å². The van der Waals surface area contributed by atoms with Crippen LogP contribution in [0.4, 0.5) is 0 Å². The minimum atomic E-state index is 0.670. The summed E-state index contributed by atoms with van der Waals surface area (Å²) < 4.78 is 10.8. The lowest BCUT2D eigenvalue weighted by atomic mass is 10.1. The van der Waals surface area contributed by atoms with Gasteiger partial charge in [-0.15, -0.1) is 0 Å². The van der Waals surface area contributed by atoms with Crippen LogP contribution in [-0.2, 0) is 13.1 Å². The monoisotopic (exact) mass is 286 g/mol. The molecule has 4 nitrogen and oxygen atoms in total. The number of rotatable bonds is 6. The van der Waals surface area contributed by atoms with E-state index in [1.165, 1.54) is 24.0 Å². The van der Waals surface area contributed by atoms with Gasteiger partial charge in [0.1, 0.15) is 11.5 Å². The highest BCUT2D eigenvalue weighted by Gasteiger charge is 2.30. The van der Waals surface area contributed by atoms with E-state index in [-0.39, 0.29) is 0 Å². The van der Waals surface area contributed by atoms with E-state index < -0.39 is 0 Å². The smallest absolute Gasteiger partial charge is 0.138 e. The first-order valence-corrected chi connectivity index (χ1v) is 7.46.